The van der Waals surface area contributed by atoms with E-state index in [1.807, 2.05) is 0 Å². The third-order valence-corrected chi connectivity index (χ3v) is 1.88. The highest BCUT2D eigenvalue weighted by atomic mass is 16.6. The van der Waals surface area contributed by atoms with Gasteiger partial charge in [-0.15, -0.1) is 0 Å². The lowest BCUT2D eigenvalue weighted by atomic mass is 10.1. The lowest BCUT2D eigenvalue weighted by Crippen LogP contribution is -2.50. The third-order valence-electron chi connectivity index (χ3n) is 1.88. The van der Waals surface area contributed by atoms with E-state index >= 15 is 0 Å². The molecule has 0 saturated heterocycles. The summed E-state index contributed by atoms with van der Waals surface area (Å²) in [4.78, 5) is 22.4. The molecule has 0 bridgehead atoms. The first-order valence-corrected chi connectivity index (χ1v) is 5.62. The summed E-state index contributed by atoms with van der Waals surface area (Å²) in [6.07, 6.45) is -0.102. The molecule has 0 saturated carbocycles. The van der Waals surface area contributed by atoms with Gasteiger partial charge < -0.3 is 19.9 Å². The van der Waals surface area contributed by atoms with Crippen LogP contribution in [0.5, 0.6) is 0 Å². The average molecular weight is 259 g/mol. The van der Waals surface area contributed by atoms with E-state index < -0.39 is 29.8 Å². The Morgan fingerprint density at radius 1 is 1.44 bits per heavy atom. The maximum absolute atomic E-state index is 11.3. The predicted molar refractivity (Wildman–Crippen MR) is 66.4 cm³/mol. The number of nitrogens with one attached hydrogen (secondary N) is 1. The van der Waals surface area contributed by atoms with Gasteiger partial charge in [0.2, 0.25) is 0 Å². The molecule has 0 aliphatic carbocycles. The van der Waals surface area contributed by atoms with Gasteiger partial charge in [0.15, 0.2) is 6.04 Å². The van der Waals surface area contributed by atoms with Crippen LogP contribution in [-0.2, 0) is 14.3 Å². The van der Waals surface area contributed by atoms with Gasteiger partial charge in [-0.3, -0.25) is 0 Å². The van der Waals surface area contributed by atoms with Gasteiger partial charge in [0.05, 0.1) is 11.7 Å². The zero-order chi connectivity index (χ0) is 14.3. The Bertz CT molecular complexity index is 308. The van der Waals surface area contributed by atoms with Crippen LogP contribution in [0.25, 0.3) is 0 Å². The Kier molecular flexibility index (Phi) is 6.40. The normalized spacial score (nSPS) is 14.4. The van der Waals surface area contributed by atoms with Crippen molar-refractivity contribution >= 4 is 12.1 Å². The molecule has 0 rings (SSSR count). The molecule has 0 aromatic heterocycles. The van der Waals surface area contributed by atoms with Crippen LogP contribution in [0.1, 0.15) is 27.7 Å². The van der Waals surface area contributed by atoms with Crippen LogP contribution >= 0.6 is 0 Å². The third kappa shape index (κ3) is 6.90. The van der Waals surface area contributed by atoms with Crippen LogP contribution in [0.15, 0.2) is 12.7 Å². The lowest BCUT2D eigenvalue weighted by molar-refractivity contribution is -0.147. The Balaban J connectivity index is 4.52. The Morgan fingerprint density at radius 2 is 2.00 bits per heavy atom. The minimum absolute atomic E-state index is 0.0205. The van der Waals surface area contributed by atoms with Crippen molar-refractivity contribution in [3.63, 3.8) is 0 Å². The van der Waals surface area contributed by atoms with Gasteiger partial charge in [-0.1, -0.05) is 12.7 Å². The second kappa shape index (κ2) is 7.00. The minimum Gasteiger partial charge on any atom is -0.480 e. The molecule has 0 aromatic carbocycles. The van der Waals surface area contributed by atoms with Gasteiger partial charge in [-0.05, 0) is 27.7 Å². The van der Waals surface area contributed by atoms with E-state index in [2.05, 4.69) is 16.6 Å². The van der Waals surface area contributed by atoms with Gasteiger partial charge in [-0.25, -0.2) is 9.59 Å². The highest BCUT2D eigenvalue weighted by Gasteiger charge is 2.30. The number of ether oxygens (including phenoxy) is 2. The fraction of sp³-hybridized carbons (Fsp3) is 0.667. The lowest BCUT2D eigenvalue weighted by Gasteiger charge is -2.29. The first kappa shape index (κ1) is 16.4. The molecule has 1 amide bonds. The molecule has 0 spiro atoms. The van der Waals surface area contributed by atoms with Crippen LogP contribution in [-0.4, -0.2) is 41.5 Å². The van der Waals surface area contributed by atoms with Crippen molar-refractivity contribution in [2.45, 2.75) is 45.4 Å². The first-order chi connectivity index (χ1) is 8.17. The molecule has 0 aromatic rings. The summed E-state index contributed by atoms with van der Waals surface area (Å²) in [5, 5.41) is 11.3. The van der Waals surface area contributed by atoms with Gasteiger partial charge >= 0.3 is 12.1 Å². The Labute approximate surface area is 107 Å². The number of carbonyl (C=O) groups excluding carboxylic acids is 1. The molecule has 6 heteroatoms. The van der Waals surface area contributed by atoms with E-state index in [1.54, 1.807) is 27.7 Å². The molecule has 6 nitrogen and oxygen atoms in total. The van der Waals surface area contributed by atoms with Crippen LogP contribution < -0.4 is 5.32 Å². The van der Waals surface area contributed by atoms with Crippen molar-refractivity contribution in [1.82, 2.24) is 5.32 Å². The zero-order valence-electron chi connectivity index (χ0n) is 11.2. The van der Waals surface area contributed by atoms with Gasteiger partial charge in [0.1, 0.15) is 6.61 Å². The maximum Gasteiger partial charge on any atom is 0.408 e. The molecule has 0 aliphatic heterocycles. The van der Waals surface area contributed by atoms with Crippen molar-refractivity contribution < 1.29 is 24.2 Å². The monoisotopic (exact) mass is 259 g/mol. The standard InChI is InChI=1S/C12H21NO5/c1-6-7-17-11(16)13-9(10(14)15)8(2)18-12(3,4)5/h6,8-9H,1,7H2,2-5H3,(H,13,16)(H,14,15)/t8-,9?/m1/s1. The molecule has 18 heavy (non-hydrogen) atoms. The largest absolute Gasteiger partial charge is 0.480 e. The SMILES string of the molecule is C=CCOC(=O)NC(C(=O)O)[C@@H](C)OC(C)(C)C. The topological polar surface area (TPSA) is 84.9 Å². The van der Waals surface area contributed by atoms with Crippen molar-refractivity contribution in [3.8, 4) is 0 Å². The van der Waals surface area contributed by atoms with Gasteiger partial charge in [0, 0.05) is 0 Å². The summed E-state index contributed by atoms with van der Waals surface area (Å²) in [5.74, 6) is -1.18. The number of alkyl carbamates (subject to hydrolysis) is 1. The number of amides is 1. The van der Waals surface area contributed by atoms with E-state index in [4.69, 9.17) is 9.84 Å². The van der Waals surface area contributed by atoms with Crippen LogP contribution in [0.3, 0.4) is 0 Å². The number of rotatable bonds is 6. The van der Waals surface area contributed by atoms with Crippen molar-refractivity contribution in [1.29, 1.82) is 0 Å². The molecule has 0 heterocycles. The Morgan fingerprint density at radius 3 is 2.39 bits per heavy atom. The van der Waals surface area contributed by atoms with E-state index in [0.717, 1.165) is 0 Å². The second-order valence-electron chi connectivity index (χ2n) is 4.78. The molecule has 2 atom stereocenters. The van der Waals surface area contributed by atoms with Crippen LogP contribution in [0.4, 0.5) is 4.79 Å². The molecule has 1 unspecified atom stereocenters. The van der Waals surface area contributed by atoms with Crippen LogP contribution in [0.2, 0.25) is 0 Å². The fourth-order valence-corrected chi connectivity index (χ4v) is 1.31. The van der Waals surface area contributed by atoms with Gasteiger partial charge in [-0.2, -0.15) is 0 Å². The number of carboxylic acid groups (broad SMARTS) is 1. The second-order valence-corrected chi connectivity index (χ2v) is 4.78. The molecule has 0 fully saturated rings. The average Bonchev–Trinajstić information content (AvgIpc) is 2.19. The summed E-state index contributed by atoms with van der Waals surface area (Å²) in [6, 6.07) is -1.17. The van der Waals surface area contributed by atoms with E-state index in [-0.39, 0.29) is 6.61 Å². The molecular formula is C12H21NO5. The van der Waals surface area contributed by atoms with Crippen LogP contribution in [0, 0.1) is 0 Å². The fourth-order valence-electron chi connectivity index (χ4n) is 1.31. The number of carboxylic acids is 1. The highest BCUT2D eigenvalue weighted by molar-refractivity contribution is 5.80. The minimum atomic E-state index is -1.18. The molecule has 2 N–H and O–H groups in total. The predicted octanol–water partition coefficient (Wildman–Crippen LogP) is 1.56. The number of aliphatic carboxylic acids is 1. The zero-order valence-corrected chi connectivity index (χ0v) is 11.2. The number of hydrogen-bond acceptors (Lipinski definition) is 4. The van der Waals surface area contributed by atoms with Crippen molar-refractivity contribution in [2.24, 2.45) is 0 Å². The molecule has 0 radical (unpaired) electrons. The Hall–Kier alpha value is -1.56. The van der Waals surface area contributed by atoms with E-state index in [1.165, 1.54) is 6.08 Å². The number of carbonyl (C=O) groups is 2. The molecular weight excluding hydrogens is 238 g/mol. The van der Waals surface area contributed by atoms with Crippen molar-refractivity contribution in [3.05, 3.63) is 12.7 Å². The van der Waals surface area contributed by atoms with E-state index in [0.29, 0.717) is 0 Å². The van der Waals surface area contributed by atoms with E-state index in [9.17, 15) is 9.59 Å². The summed E-state index contributed by atoms with van der Waals surface area (Å²) in [7, 11) is 0. The smallest absolute Gasteiger partial charge is 0.408 e. The summed E-state index contributed by atoms with van der Waals surface area (Å²) in [6.45, 7) is 10.4. The van der Waals surface area contributed by atoms with Gasteiger partial charge in [0.25, 0.3) is 0 Å². The first-order valence-electron chi connectivity index (χ1n) is 5.62. The summed E-state index contributed by atoms with van der Waals surface area (Å²) in [5.41, 5.74) is -0.500. The number of hydrogen-bond donors (Lipinski definition) is 2. The molecule has 0 aliphatic rings. The summed E-state index contributed by atoms with van der Waals surface area (Å²) >= 11 is 0. The van der Waals surface area contributed by atoms with Crippen molar-refractivity contribution in [2.75, 3.05) is 6.61 Å². The maximum atomic E-state index is 11.3. The summed E-state index contributed by atoms with van der Waals surface area (Å²) < 4.78 is 10.2. The quantitative estimate of drug-likeness (QED) is 0.707. The highest BCUT2D eigenvalue weighted by Crippen LogP contribution is 2.13. The molecule has 104 valence electrons.